The van der Waals surface area contributed by atoms with E-state index in [0.29, 0.717) is 10.3 Å². The van der Waals surface area contributed by atoms with Crippen LogP contribution in [0.5, 0.6) is 0 Å². The summed E-state index contributed by atoms with van der Waals surface area (Å²) >= 11 is 9.31. The normalized spacial score (nSPS) is 11.4. The first-order chi connectivity index (χ1) is 11.9. The van der Waals surface area contributed by atoms with Gasteiger partial charge in [-0.25, -0.2) is 4.98 Å². The van der Waals surface area contributed by atoms with E-state index >= 15 is 0 Å². The van der Waals surface area contributed by atoms with Gasteiger partial charge < -0.3 is 9.88 Å². The van der Waals surface area contributed by atoms with Gasteiger partial charge in [-0.15, -0.1) is 0 Å². The molecule has 1 aromatic heterocycles. The fourth-order valence-electron chi connectivity index (χ4n) is 2.64. The number of aromatic nitrogens is 2. The van der Waals surface area contributed by atoms with Crippen molar-refractivity contribution in [1.82, 2.24) is 9.97 Å². The summed E-state index contributed by atoms with van der Waals surface area (Å²) in [6, 6.07) is 15.7. The van der Waals surface area contributed by atoms with Crippen LogP contribution >= 0.6 is 34.7 Å². The first-order valence-electron chi connectivity index (χ1n) is 7.55. The molecule has 0 aliphatic rings. The number of nitrogens with zero attached hydrogens (tertiary/aromatic N) is 2. The molecule has 4 nitrogen and oxygen atoms in total. The van der Waals surface area contributed by atoms with Crippen molar-refractivity contribution in [2.75, 3.05) is 18.6 Å². The molecule has 7 heteroatoms. The SMILES string of the molecule is CP(C)(=O)c1c(Nc2nc(Cl)ncc2Br)cccc1-c1ccccc1. The van der Waals surface area contributed by atoms with E-state index in [9.17, 15) is 4.57 Å². The van der Waals surface area contributed by atoms with Crippen LogP contribution in [0, 0.1) is 0 Å². The van der Waals surface area contributed by atoms with Crippen molar-refractivity contribution < 1.29 is 4.57 Å². The number of benzene rings is 2. The van der Waals surface area contributed by atoms with E-state index in [1.54, 1.807) is 19.5 Å². The topological polar surface area (TPSA) is 54.9 Å². The van der Waals surface area contributed by atoms with E-state index in [0.717, 1.165) is 22.1 Å². The fourth-order valence-corrected chi connectivity index (χ4v) is 4.55. The van der Waals surface area contributed by atoms with Gasteiger partial charge in [0.25, 0.3) is 0 Å². The van der Waals surface area contributed by atoms with Crippen LogP contribution in [0.25, 0.3) is 11.1 Å². The van der Waals surface area contributed by atoms with E-state index in [4.69, 9.17) is 11.6 Å². The third-order valence-corrected chi connectivity index (χ3v) is 5.95. The predicted molar refractivity (Wildman–Crippen MR) is 109 cm³/mol. The first-order valence-corrected chi connectivity index (χ1v) is 11.3. The molecule has 0 unspecified atom stereocenters. The lowest BCUT2D eigenvalue weighted by molar-refractivity contribution is 0.588. The van der Waals surface area contributed by atoms with E-state index in [-0.39, 0.29) is 5.28 Å². The number of halogens is 2. The Hall–Kier alpha value is -1.68. The molecule has 0 aliphatic heterocycles. The molecule has 0 radical (unpaired) electrons. The maximum atomic E-state index is 13.1. The molecule has 25 heavy (non-hydrogen) atoms. The Bertz CT molecular complexity index is 960. The van der Waals surface area contributed by atoms with Crippen LogP contribution in [0.3, 0.4) is 0 Å². The average molecular weight is 437 g/mol. The Labute approximate surface area is 160 Å². The fraction of sp³-hybridized carbons (Fsp3) is 0.111. The maximum absolute atomic E-state index is 13.1. The molecule has 0 spiro atoms. The number of anilines is 2. The highest BCUT2D eigenvalue weighted by Crippen LogP contribution is 2.43. The van der Waals surface area contributed by atoms with Crippen molar-refractivity contribution in [2.24, 2.45) is 0 Å². The molecule has 0 bridgehead atoms. The van der Waals surface area contributed by atoms with Gasteiger partial charge in [-0.1, -0.05) is 42.5 Å². The molecule has 128 valence electrons. The average Bonchev–Trinajstić information content (AvgIpc) is 2.58. The summed E-state index contributed by atoms with van der Waals surface area (Å²) in [6.07, 6.45) is 1.58. The zero-order valence-electron chi connectivity index (χ0n) is 13.7. The molecule has 0 atom stereocenters. The van der Waals surface area contributed by atoms with E-state index in [1.807, 2.05) is 48.5 Å². The summed E-state index contributed by atoms with van der Waals surface area (Å²) in [5.41, 5.74) is 2.70. The molecule has 1 heterocycles. The van der Waals surface area contributed by atoms with E-state index in [1.165, 1.54) is 0 Å². The minimum absolute atomic E-state index is 0.141. The number of rotatable bonds is 4. The summed E-state index contributed by atoms with van der Waals surface area (Å²) in [6.45, 7) is 3.53. The Morgan fingerprint density at radius 2 is 1.80 bits per heavy atom. The maximum Gasteiger partial charge on any atom is 0.224 e. The highest BCUT2D eigenvalue weighted by molar-refractivity contribution is 9.10. The van der Waals surface area contributed by atoms with Gasteiger partial charge in [0, 0.05) is 11.5 Å². The largest absolute Gasteiger partial charge is 0.339 e. The number of hydrogen-bond donors (Lipinski definition) is 1. The molecule has 3 aromatic rings. The lowest BCUT2D eigenvalue weighted by Crippen LogP contribution is -2.13. The van der Waals surface area contributed by atoms with Crippen LogP contribution in [0.1, 0.15) is 0 Å². The van der Waals surface area contributed by atoms with E-state index in [2.05, 4.69) is 31.2 Å². The minimum Gasteiger partial charge on any atom is -0.339 e. The zero-order chi connectivity index (χ0) is 18.0. The summed E-state index contributed by atoms with van der Waals surface area (Å²) in [4.78, 5) is 8.13. The summed E-state index contributed by atoms with van der Waals surface area (Å²) in [7, 11) is -2.58. The predicted octanol–water partition coefficient (Wildman–Crippen LogP) is 5.55. The van der Waals surface area contributed by atoms with Crippen molar-refractivity contribution in [3.8, 4) is 11.1 Å². The third-order valence-electron chi connectivity index (χ3n) is 3.63. The molecular weight excluding hydrogens is 421 g/mol. The molecule has 0 fully saturated rings. The lowest BCUT2D eigenvalue weighted by atomic mass is 10.1. The minimum atomic E-state index is -2.58. The Balaban J connectivity index is 2.17. The van der Waals surface area contributed by atoms with Crippen LogP contribution in [0.4, 0.5) is 11.5 Å². The van der Waals surface area contributed by atoms with Gasteiger partial charge in [0.2, 0.25) is 5.28 Å². The van der Waals surface area contributed by atoms with Gasteiger partial charge in [-0.05, 0) is 58.1 Å². The van der Waals surface area contributed by atoms with Gasteiger partial charge >= 0.3 is 0 Å². The van der Waals surface area contributed by atoms with Crippen LogP contribution < -0.4 is 10.6 Å². The van der Waals surface area contributed by atoms with Crippen molar-refractivity contribution in [3.05, 3.63) is 64.5 Å². The smallest absolute Gasteiger partial charge is 0.224 e. The number of nitrogens with one attached hydrogen (secondary N) is 1. The Morgan fingerprint density at radius 3 is 2.48 bits per heavy atom. The Kier molecular flexibility index (Phi) is 5.28. The number of hydrogen-bond acceptors (Lipinski definition) is 4. The summed E-state index contributed by atoms with van der Waals surface area (Å²) in [5.74, 6) is 0.528. The van der Waals surface area contributed by atoms with Crippen LogP contribution in [0.2, 0.25) is 5.28 Å². The van der Waals surface area contributed by atoms with Gasteiger partial charge in [0.15, 0.2) is 0 Å². The van der Waals surface area contributed by atoms with Crippen molar-refractivity contribution in [1.29, 1.82) is 0 Å². The van der Waals surface area contributed by atoms with Crippen LogP contribution in [-0.2, 0) is 4.57 Å². The second-order valence-corrected chi connectivity index (χ2v) is 10.2. The van der Waals surface area contributed by atoms with Gasteiger partial charge in [-0.3, -0.25) is 0 Å². The molecule has 0 aliphatic carbocycles. The monoisotopic (exact) mass is 435 g/mol. The van der Waals surface area contributed by atoms with Crippen LogP contribution in [0.15, 0.2) is 59.2 Å². The Morgan fingerprint density at radius 1 is 1.08 bits per heavy atom. The second-order valence-electron chi connectivity index (χ2n) is 5.88. The first kappa shape index (κ1) is 18.1. The quantitative estimate of drug-likeness (QED) is 0.430. The van der Waals surface area contributed by atoms with Gasteiger partial charge in [0.05, 0.1) is 10.2 Å². The highest BCUT2D eigenvalue weighted by Gasteiger charge is 2.22. The zero-order valence-corrected chi connectivity index (χ0v) is 16.9. The van der Waals surface area contributed by atoms with E-state index < -0.39 is 7.14 Å². The van der Waals surface area contributed by atoms with Crippen molar-refractivity contribution in [2.45, 2.75) is 0 Å². The summed E-state index contributed by atoms with van der Waals surface area (Å²) in [5, 5.41) is 4.17. The molecular formula is C18H16BrClN3OP. The molecule has 1 N–H and O–H groups in total. The molecule has 0 saturated heterocycles. The van der Waals surface area contributed by atoms with Gasteiger partial charge in [0.1, 0.15) is 13.0 Å². The molecule has 3 rings (SSSR count). The third kappa shape index (κ3) is 4.12. The molecule has 0 amide bonds. The second kappa shape index (κ2) is 7.28. The molecule has 0 saturated carbocycles. The van der Waals surface area contributed by atoms with Crippen LogP contribution in [-0.4, -0.2) is 23.3 Å². The van der Waals surface area contributed by atoms with Crippen molar-refractivity contribution in [3.63, 3.8) is 0 Å². The highest BCUT2D eigenvalue weighted by atomic mass is 79.9. The molecule has 2 aromatic carbocycles. The van der Waals surface area contributed by atoms with Gasteiger partial charge in [-0.2, -0.15) is 4.98 Å². The summed E-state index contributed by atoms with van der Waals surface area (Å²) < 4.78 is 13.7. The standard InChI is InChI=1S/C18H16BrClN3OP/c1-25(2,24)16-13(12-7-4-3-5-8-12)9-6-10-15(16)22-17-14(19)11-21-18(20)23-17/h3-11H,1-2H3,(H,21,22,23). The van der Waals surface area contributed by atoms with Crippen molar-refractivity contribution >= 4 is 51.5 Å². The lowest BCUT2D eigenvalue weighted by Gasteiger charge is -2.19.